The fourth-order valence-corrected chi connectivity index (χ4v) is 3.83. The van der Waals surface area contributed by atoms with Crippen LogP contribution in [0.1, 0.15) is 24.9 Å². The highest BCUT2D eigenvalue weighted by Gasteiger charge is 2.33. The molecule has 1 atom stereocenters. The molecule has 3 rings (SSSR count). The molecule has 2 heterocycles. The molecule has 1 saturated heterocycles. The van der Waals surface area contributed by atoms with Gasteiger partial charge in [0.05, 0.1) is 13.5 Å². The number of hydrogen-bond donors (Lipinski definition) is 2. The highest BCUT2D eigenvalue weighted by atomic mass is 16.5. The van der Waals surface area contributed by atoms with Gasteiger partial charge in [-0.2, -0.15) is 0 Å². The number of aromatic nitrogens is 1. The van der Waals surface area contributed by atoms with Crippen molar-refractivity contribution in [3.8, 4) is 5.75 Å². The molecule has 1 aliphatic rings. The van der Waals surface area contributed by atoms with Crippen LogP contribution in [0.25, 0.3) is 10.9 Å². The van der Waals surface area contributed by atoms with Crippen molar-refractivity contribution >= 4 is 28.7 Å². The number of methoxy groups -OCH3 is 1. The Morgan fingerprint density at radius 3 is 2.38 bits per heavy atom. The smallest absolute Gasteiger partial charge is 0.325 e. The lowest BCUT2D eigenvalue weighted by Crippen LogP contribution is -2.50. The van der Waals surface area contributed by atoms with Crippen LogP contribution in [0.3, 0.4) is 0 Å². The predicted octanol–water partition coefficient (Wildman–Crippen LogP) is 1.41. The summed E-state index contributed by atoms with van der Waals surface area (Å²) >= 11 is 0. The zero-order chi connectivity index (χ0) is 21.1. The molecule has 9 nitrogen and oxygen atoms in total. The number of aliphatic carboxylic acids is 2. The number of nitrogens with zero attached hydrogens (tertiary/aromatic N) is 3. The third kappa shape index (κ3) is 4.34. The number of carbonyl (C=O) groups excluding carboxylic acids is 1. The summed E-state index contributed by atoms with van der Waals surface area (Å²) in [5.74, 6) is -1.33. The minimum absolute atomic E-state index is 0.0217. The molecule has 156 valence electrons. The Balaban J connectivity index is 2.01. The average Bonchev–Trinajstić information content (AvgIpc) is 3.04. The molecule has 0 saturated carbocycles. The van der Waals surface area contributed by atoms with Crippen molar-refractivity contribution in [3.63, 3.8) is 0 Å². The van der Waals surface area contributed by atoms with Crippen LogP contribution < -0.4 is 4.74 Å². The molecule has 1 fully saturated rings. The van der Waals surface area contributed by atoms with Gasteiger partial charge < -0.3 is 24.4 Å². The molecule has 0 bridgehead atoms. The first-order valence-electron chi connectivity index (χ1n) is 9.42. The number of ether oxygens (including phenoxy) is 1. The number of piperazine rings is 1. The van der Waals surface area contributed by atoms with Gasteiger partial charge in [-0.3, -0.25) is 19.3 Å². The van der Waals surface area contributed by atoms with Gasteiger partial charge in [-0.05, 0) is 18.2 Å². The van der Waals surface area contributed by atoms with Crippen LogP contribution in [0.15, 0.2) is 24.4 Å². The Morgan fingerprint density at radius 1 is 1.14 bits per heavy atom. The maximum Gasteiger partial charge on any atom is 0.325 e. The first-order chi connectivity index (χ1) is 13.8. The number of rotatable bonds is 7. The van der Waals surface area contributed by atoms with E-state index in [-0.39, 0.29) is 18.9 Å². The standard InChI is InChI=1S/C20H25N3O6/c1-13(24)21-7-9-22(10-8-21)19(20(27)28)16-12-23(6-5-18(25)26)17-4-3-14(29-2)11-15(16)17/h3-4,11-12,19H,5-10H2,1-2H3,(H,25,26)(H,27,28). The Morgan fingerprint density at radius 2 is 1.83 bits per heavy atom. The summed E-state index contributed by atoms with van der Waals surface area (Å²) < 4.78 is 7.08. The van der Waals surface area contributed by atoms with Gasteiger partial charge in [-0.15, -0.1) is 0 Å². The van der Waals surface area contributed by atoms with Crippen molar-refractivity contribution < 1.29 is 29.3 Å². The molecule has 0 spiro atoms. The molecular formula is C20H25N3O6. The number of carbonyl (C=O) groups is 3. The van der Waals surface area contributed by atoms with Crippen LogP contribution in [0.5, 0.6) is 5.75 Å². The predicted molar refractivity (Wildman–Crippen MR) is 105 cm³/mol. The minimum Gasteiger partial charge on any atom is -0.497 e. The van der Waals surface area contributed by atoms with Gasteiger partial charge in [-0.25, -0.2) is 0 Å². The first-order valence-corrected chi connectivity index (χ1v) is 9.42. The van der Waals surface area contributed by atoms with Crippen LogP contribution in [-0.2, 0) is 20.9 Å². The van der Waals surface area contributed by atoms with Gasteiger partial charge in [0, 0.05) is 62.3 Å². The molecule has 9 heteroatoms. The molecule has 1 aliphatic heterocycles. The lowest BCUT2D eigenvalue weighted by atomic mass is 10.0. The molecule has 2 aromatic rings. The number of benzene rings is 1. The van der Waals surface area contributed by atoms with Gasteiger partial charge in [0.1, 0.15) is 11.8 Å². The average molecular weight is 403 g/mol. The summed E-state index contributed by atoms with van der Waals surface area (Å²) in [7, 11) is 1.54. The lowest BCUT2D eigenvalue weighted by Gasteiger charge is -2.37. The number of amides is 1. The summed E-state index contributed by atoms with van der Waals surface area (Å²) in [4.78, 5) is 38.4. The van der Waals surface area contributed by atoms with Crippen molar-refractivity contribution in [1.82, 2.24) is 14.4 Å². The topological polar surface area (TPSA) is 112 Å². The summed E-state index contributed by atoms with van der Waals surface area (Å²) in [5, 5.41) is 19.8. The zero-order valence-corrected chi connectivity index (χ0v) is 16.5. The highest BCUT2D eigenvalue weighted by Crippen LogP contribution is 2.33. The number of hydrogen-bond acceptors (Lipinski definition) is 5. The Hall–Kier alpha value is -3.07. The van der Waals surface area contributed by atoms with Crippen molar-refractivity contribution in [2.75, 3.05) is 33.3 Å². The summed E-state index contributed by atoms with van der Waals surface area (Å²) in [6, 6.07) is 4.46. The second kappa shape index (κ2) is 8.52. The monoisotopic (exact) mass is 403 g/mol. The molecule has 1 aromatic heterocycles. The van der Waals surface area contributed by atoms with Crippen molar-refractivity contribution in [2.24, 2.45) is 0 Å². The van der Waals surface area contributed by atoms with Crippen molar-refractivity contribution in [1.29, 1.82) is 0 Å². The quantitative estimate of drug-likeness (QED) is 0.719. The molecule has 0 aliphatic carbocycles. The van der Waals surface area contributed by atoms with E-state index in [0.717, 1.165) is 10.9 Å². The summed E-state index contributed by atoms with van der Waals surface area (Å²) in [6.07, 6.45) is 1.66. The number of carboxylic acid groups (broad SMARTS) is 2. The van der Waals surface area contributed by atoms with E-state index in [4.69, 9.17) is 9.84 Å². The first kappa shape index (κ1) is 20.7. The van der Waals surface area contributed by atoms with E-state index >= 15 is 0 Å². The van der Waals surface area contributed by atoms with E-state index in [1.165, 1.54) is 14.0 Å². The van der Waals surface area contributed by atoms with Crippen LogP contribution >= 0.6 is 0 Å². The molecule has 0 radical (unpaired) electrons. The van der Waals surface area contributed by atoms with E-state index in [0.29, 0.717) is 37.5 Å². The van der Waals surface area contributed by atoms with Gasteiger partial charge >= 0.3 is 11.9 Å². The number of aryl methyl sites for hydroxylation is 1. The minimum atomic E-state index is -0.985. The van der Waals surface area contributed by atoms with E-state index in [1.807, 2.05) is 11.0 Å². The molecule has 2 N–H and O–H groups in total. The van der Waals surface area contributed by atoms with Crippen molar-refractivity contribution in [2.45, 2.75) is 25.9 Å². The fraction of sp³-hybridized carbons (Fsp3) is 0.450. The Bertz CT molecular complexity index is 930. The lowest BCUT2D eigenvalue weighted by molar-refractivity contribution is -0.145. The van der Waals surface area contributed by atoms with Crippen molar-refractivity contribution in [3.05, 3.63) is 30.0 Å². The summed E-state index contributed by atoms with van der Waals surface area (Å²) in [5.41, 5.74) is 1.35. The normalized spacial score (nSPS) is 16.0. The largest absolute Gasteiger partial charge is 0.497 e. The highest BCUT2D eigenvalue weighted by molar-refractivity contribution is 5.90. The maximum absolute atomic E-state index is 12.2. The van der Waals surface area contributed by atoms with Crippen LogP contribution in [0.2, 0.25) is 0 Å². The van der Waals surface area contributed by atoms with Crippen LogP contribution in [0.4, 0.5) is 0 Å². The third-order valence-corrected chi connectivity index (χ3v) is 5.34. The van der Waals surface area contributed by atoms with Gasteiger partial charge in [0.2, 0.25) is 5.91 Å². The molecule has 1 amide bonds. The number of fused-ring (bicyclic) bond motifs is 1. The molecule has 1 unspecified atom stereocenters. The second-order valence-electron chi connectivity index (χ2n) is 7.09. The van der Waals surface area contributed by atoms with E-state index in [1.54, 1.807) is 27.8 Å². The molecule has 1 aromatic carbocycles. The van der Waals surface area contributed by atoms with Gasteiger partial charge in [-0.1, -0.05) is 0 Å². The maximum atomic E-state index is 12.2. The number of carboxylic acids is 2. The summed E-state index contributed by atoms with van der Waals surface area (Å²) in [6.45, 7) is 3.58. The van der Waals surface area contributed by atoms with E-state index < -0.39 is 18.0 Å². The zero-order valence-electron chi connectivity index (χ0n) is 16.5. The van der Waals surface area contributed by atoms with E-state index in [2.05, 4.69) is 0 Å². The Labute approximate surface area is 168 Å². The molecular weight excluding hydrogens is 378 g/mol. The van der Waals surface area contributed by atoms with Crippen LogP contribution in [-0.4, -0.2) is 75.7 Å². The fourth-order valence-electron chi connectivity index (χ4n) is 3.83. The van der Waals surface area contributed by atoms with Gasteiger partial charge in [0.15, 0.2) is 0 Å². The van der Waals surface area contributed by atoms with Gasteiger partial charge in [0.25, 0.3) is 0 Å². The SMILES string of the molecule is COc1ccc2c(c1)c(C(C(=O)O)N1CCN(C(C)=O)CC1)cn2CCC(=O)O. The van der Waals surface area contributed by atoms with Crippen LogP contribution in [0, 0.1) is 0 Å². The third-order valence-electron chi connectivity index (χ3n) is 5.34. The second-order valence-corrected chi connectivity index (χ2v) is 7.09. The Kier molecular flexibility index (Phi) is 6.07. The molecule has 29 heavy (non-hydrogen) atoms. The van der Waals surface area contributed by atoms with E-state index in [9.17, 15) is 19.5 Å².